The maximum atomic E-state index is 10.4. The number of carbonyl (C=O) groups is 1. The molecule has 0 aliphatic heterocycles. The first kappa shape index (κ1) is 20.8. The first-order chi connectivity index (χ1) is 5.59. The van der Waals surface area contributed by atoms with Crippen LogP contribution < -0.4 is 0 Å². The largest absolute Gasteiger partial charge is 0.481 e. The van der Waals surface area contributed by atoms with Crippen LogP contribution in [0.1, 0.15) is 16.7 Å². The number of carboxylic acids is 1. The molecule has 1 aromatic rings. The van der Waals surface area contributed by atoms with Gasteiger partial charge in [0.15, 0.2) is 0 Å². The number of carboxylic acid groups (broad SMARTS) is 1. The van der Waals surface area contributed by atoms with Crippen molar-refractivity contribution in [3.8, 4) is 0 Å². The molecule has 1 N–H and O–H groups in total. The van der Waals surface area contributed by atoms with Crippen LogP contribution in [0.25, 0.3) is 0 Å². The average molecular weight is 451 g/mol. The van der Waals surface area contributed by atoms with Gasteiger partial charge in [-0.2, -0.15) is 29.3 Å². The van der Waals surface area contributed by atoms with Crippen molar-refractivity contribution in [2.24, 2.45) is 0 Å². The Balaban J connectivity index is -0.000000480. The van der Waals surface area contributed by atoms with Gasteiger partial charge >= 0.3 is 5.97 Å². The van der Waals surface area contributed by atoms with Crippen LogP contribution in [-0.2, 0) is 65.0 Å². The molecule has 0 unspecified atom stereocenters. The minimum atomic E-state index is -0.806. The van der Waals surface area contributed by atoms with E-state index in [2.05, 4.69) is 6.07 Å². The summed E-state index contributed by atoms with van der Waals surface area (Å²) in [6.45, 7) is 3.80. The molecule has 1 radical (unpaired) electrons. The Morgan fingerprint density at radius 3 is 2.40 bits per heavy atom. The van der Waals surface area contributed by atoms with Crippen LogP contribution in [0.2, 0.25) is 0 Å². The summed E-state index contributed by atoms with van der Waals surface area (Å²) in [5, 5.41) is 8.56. The molecule has 0 aliphatic rings. The van der Waals surface area contributed by atoms with E-state index in [9.17, 15) is 4.79 Å². The molecule has 0 amide bonds. The van der Waals surface area contributed by atoms with Gasteiger partial charge in [-0.3, -0.25) is 4.79 Å². The molecule has 2 nitrogen and oxygen atoms in total. The van der Waals surface area contributed by atoms with E-state index in [1.807, 2.05) is 26.0 Å². The van der Waals surface area contributed by atoms with Crippen molar-refractivity contribution in [1.29, 1.82) is 0 Å². The van der Waals surface area contributed by atoms with Gasteiger partial charge < -0.3 is 12.5 Å². The fourth-order valence-electron chi connectivity index (χ4n) is 1.06. The minimum Gasteiger partial charge on any atom is -0.481 e. The van der Waals surface area contributed by atoms with Gasteiger partial charge in [-0.1, -0.05) is 13.8 Å². The topological polar surface area (TPSA) is 37.3 Å². The van der Waals surface area contributed by atoms with Crippen LogP contribution in [0, 0.1) is 27.3 Å². The smallest absolute Gasteiger partial charge is 0.305 e. The molecule has 0 saturated carbocycles. The van der Waals surface area contributed by atoms with E-state index in [4.69, 9.17) is 5.11 Å². The molecule has 15 heavy (non-hydrogen) atoms. The molecule has 4 heteroatoms. The van der Waals surface area contributed by atoms with Crippen LogP contribution in [0.3, 0.4) is 0 Å². The van der Waals surface area contributed by atoms with Crippen molar-refractivity contribution in [1.82, 2.24) is 0 Å². The number of benzene rings is 1. The Hall–Kier alpha value is 0.482. The summed E-state index contributed by atoms with van der Waals surface area (Å²) in [6, 6.07) is 6.88. The summed E-state index contributed by atoms with van der Waals surface area (Å²) >= 11 is 0. The minimum absolute atomic E-state index is 0. The van der Waals surface area contributed by atoms with E-state index in [0.29, 0.717) is 0 Å². The second-order valence-electron chi connectivity index (χ2n) is 2.87. The molecule has 0 atom stereocenters. The molecule has 0 aromatic heterocycles. The predicted octanol–water partition coefficient (Wildman–Crippen LogP) is 2.18. The molecule has 1 rings (SSSR count). The van der Waals surface area contributed by atoms with Gasteiger partial charge in [0.05, 0.1) is 0 Å². The van der Waals surface area contributed by atoms with Crippen LogP contribution >= 0.6 is 0 Å². The van der Waals surface area contributed by atoms with Crippen molar-refractivity contribution in [3.63, 3.8) is 0 Å². The second-order valence-corrected chi connectivity index (χ2v) is 2.87. The van der Waals surface area contributed by atoms with Gasteiger partial charge in [-0.25, -0.2) is 0 Å². The summed E-state index contributed by atoms with van der Waals surface area (Å²) in [5.41, 5.74) is 2.75. The van der Waals surface area contributed by atoms with Crippen molar-refractivity contribution in [2.45, 2.75) is 20.3 Å². The number of hydrogen-bond donors (Lipinski definition) is 1. The van der Waals surface area contributed by atoms with Crippen molar-refractivity contribution in [3.05, 3.63) is 42.3 Å². The van der Waals surface area contributed by atoms with Crippen molar-refractivity contribution in [2.75, 3.05) is 0 Å². The third-order valence-electron chi connectivity index (χ3n) is 1.74. The van der Waals surface area contributed by atoms with E-state index in [1.54, 1.807) is 0 Å². The Kier molecular flexibility index (Phi) is 13.5. The first-order valence-corrected chi connectivity index (χ1v) is 3.80. The van der Waals surface area contributed by atoms with Crippen molar-refractivity contribution >= 4 is 5.97 Å². The Bertz CT molecular complexity index is 313. The Morgan fingerprint density at radius 2 is 1.93 bits per heavy atom. The molecule has 0 aliphatic carbocycles. The zero-order valence-electron chi connectivity index (χ0n) is 9.20. The predicted molar refractivity (Wildman–Crippen MR) is 52.5 cm³/mol. The van der Waals surface area contributed by atoms with Crippen LogP contribution in [0.4, 0.5) is 0 Å². The number of aryl methyl sites for hydroxylation is 2. The van der Waals surface area contributed by atoms with Crippen LogP contribution in [0.5, 0.6) is 0 Å². The monoisotopic (exact) mass is 451 g/mol. The first-order valence-electron chi connectivity index (χ1n) is 3.80. The SMILES string of the molecule is Cc1[c-]c(CC(=O)O)c(C)cc1.[CH3-].[W].[Y]. The van der Waals surface area contributed by atoms with Crippen LogP contribution in [0.15, 0.2) is 12.1 Å². The normalized spacial score (nSPS) is 7.87. The fourth-order valence-corrected chi connectivity index (χ4v) is 1.06. The van der Waals surface area contributed by atoms with Gasteiger partial charge in [-0.15, -0.1) is 5.56 Å². The summed E-state index contributed by atoms with van der Waals surface area (Å²) in [5.74, 6) is -0.806. The van der Waals surface area contributed by atoms with E-state index >= 15 is 0 Å². The fraction of sp³-hybridized carbons (Fsp3) is 0.273. The van der Waals surface area contributed by atoms with E-state index in [1.165, 1.54) is 0 Å². The molecule has 0 fully saturated rings. The summed E-state index contributed by atoms with van der Waals surface area (Å²) < 4.78 is 0. The zero-order chi connectivity index (χ0) is 9.14. The molecular formula is C11H14O2WY-2. The maximum absolute atomic E-state index is 10.4. The quantitative estimate of drug-likeness (QED) is 0.701. The molecule has 0 bridgehead atoms. The Labute approximate surface area is 131 Å². The molecular weight excluding hydrogens is 437 g/mol. The molecule has 0 saturated heterocycles. The number of rotatable bonds is 2. The molecule has 0 spiro atoms. The third kappa shape index (κ3) is 7.38. The average Bonchev–Trinajstić information content (AvgIpc) is 1.96. The number of hydrogen-bond acceptors (Lipinski definition) is 1. The van der Waals surface area contributed by atoms with Gasteiger partial charge in [-0.05, 0) is 0 Å². The molecule has 81 valence electrons. The number of aliphatic carboxylic acids is 1. The van der Waals surface area contributed by atoms with Gasteiger partial charge in [0.2, 0.25) is 0 Å². The molecule has 1 aromatic carbocycles. The van der Waals surface area contributed by atoms with E-state index < -0.39 is 5.97 Å². The maximum Gasteiger partial charge on any atom is 0.305 e. The van der Waals surface area contributed by atoms with Gasteiger partial charge in [0, 0.05) is 60.2 Å². The zero-order valence-corrected chi connectivity index (χ0v) is 15.0. The summed E-state index contributed by atoms with van der Waals surface area (Å²) in [7, 11) is 0. The van der Waals surface area contributed by atoms with Gasteiger partial charge in [0.1, 0.15) is 0 Å². The third-order valence-corrected chi connectivity index (χ3v) is 1.74. The molecule has 0 heterocycles. The van der Waals surface area contributed by atoms with E-state index in [0.717, 1.165) is 16.7 Å². The van der Waals surface area contributed by atoms with Gasteiger partial charge in [0.25, 0.3) is 0 Å². The summed E-state index contributed by atoms with van der Waals surface area (Å²) in [6.07, 6.45) is 0.0630. The standard InChI is InChI=1S/C10H11O2.CH3.W.Y/c1-7-3-4-8(2)9(5-7)6-10(11)12;;;/h3-4H,6H2,1-2H3,(H,11,12);1H3;;/q2*-1;;. The summed E-state index contributed by atoms with van der Waals surface area (Å²) in [4.78, 5) is 10.4. The Morgan fingerprint density at radius 1 is 1.40 bits per heavy atom. The van der Waals surface area contributed by atoms with E-state index in [-0.39, 0.29) is 67.6 Å². The second kappa shape index (κ2) is 9.69. The van der Waals surface area contributed by atoms with Crippen molar-refractivity contribution < 1.29 is 63.7 Å². The van der Waals surface area contributed by atoms with Crippen LogP contribution in [-0.4, -0.2) is 11.1 Å².